The predicted molar refractivity (Wildman–Crippen MR) is 153 cm³/mol. The molecule has 2 fully saturated rings. The fourth-order valence-corrected chi connectivity index (χ4v) is 7.18. The van der Waals surface area contributed by atoms with Gasteiger partial charge in [-0.05, 0) is 93.1 Å². The highest BCUT2D eigenvalue weighted by Gasteiger charge is 2.43. The van der Waals surface area contributed by atoms with E-state index in [2.05, 4.69) is 40.5 Å². The third-order valence-corrected chi connectivity index (χ3v) is 8.82. The summed E-state index contributed by atoms with van der Waals surface area (Å²) in [4.78, 5) is 7.44. The molecule has 1 aromatic heterocycles. The van der Waals surface area contributed by atoms with E-state index in [0.717, 1.165) is 46.4 Å². The van der Waals surface area contributed by atoms with Crippen LogP contribution in [-0.4, -0.2) is 41.7 Å². The fraction of sp³-hybridized carbons (Fsp3) is 0.387. The lowest BCUT2D eigenvalue weighted by Gasteiger charge is -2.25. The van der Waals surface area contributed by atoms with E-state index in [1.54, 1.807) is 23.5 Å². The molecule has 1 N–H and O–H groups in total. The van der Waals surface area contributed by atoms with Crippen LogP contribution in [0.5, 0.6) is 11.5 Å². The number of benzene rings is 3. The molecule has 1 saturated carbocycles. The van der Waals surface area contributed by atoms with Gasteiger partial charge in [0, 0.05) is 18.6 Å². The number of halogens is 1. The standard InChI is InChI=1S/C31H34FN3O2S/c1-3-36-27-17-20(18-28(37-4-2)30(27)21-9-11-22(32)12-10-21)19-35-16-15-23-24(13-14-26(23)35)33-31-34-25-7-5-6-8-29(25)38-31/h5-12,17-18,23-24,26H,3-4,13-16,19H2,1-2H3,(H,33,34)/t23-,24?,26+/m0/s1. The van der Waals surface area contributed by atoms with Crippen molar-refractivity contribution >= 4 is 26.7 Å². The number of likely N-dealkylation sites (tertiary alicyclic amines) is 1. The normalized spacial score (nSPS) is 21.1. The minimum absolute atomic E-state index is 0.252. The van der Waals surface area contributed by atoms with Crippen LogP contribution in [0.3, 0.4) is 0 Å². The summed E-state index contributed by atoms with van der Waals surface area (Å²) in [5, 5.41) is 4.82. The van der Waals surface area contributed by atoms with E-state index in [-0.39, 0.29) is 5.82 Å². The zero-order valence-electron chi connectivity index (χ0n) is 22.0. The van der Waals surface area contributed by atoms with E-state index in [4.69, 9.17) is 14.5 Å². The Hall–Kier alpha value is -3.16. The molecule has 3 atom stereocenters. The number of anilines is 1. The Morgan fingerprint density at radius 1 is 0.974 bits per heavy atom. The second-order valence-electron chi connectivity index (χ2n) is 10.1. The van der Waals surface area contributed by atoms with E-state index >= 15 is 0 Å². The highest BCUT2D eigenvalue weighted by atomic mass is 32.1. The summed E-state index contributed by atoms with van der Waals surface area (Å²) in [5.41, 5.74) is 4.04. The molecule has 1 aliphatic carbocycles. The first-order valence-corrected chi connectivity index (χ1v) is 14.5. The van der Waals surface area contributed by atoms with Crippen LogP contribution in [0.2, 0.25) is 0 Å². The van der Waals surface area contributed by atoms with Crippen molar-refractivity contribution in [2.75, 3.05) is 25.1 Å². The van der Waals surface area contributed by atoms with Gasteiger partial charge in [0.2, 0.25) is 0 Å². The summed E-state index contributed by atoms with van der Waals surface area (Å²) < 4.78 is 27.1. The van der Waals surface area contributed by atoms with Gasteiger partial charge in [-0.1, -0.05) is 35.6 Å². The van der Waals surface area contributed by atoms with Crippen LogP contribution < -0.4 is 14.8 Å². The number of hydrogen-bond donors (Lipinski definition) is 1. The SMILES string of the molecule is CCOc1cc(CN2CC[C@H]3C(Nc4nc5ccccc5s4)CC[C@H]32)cc(OCC)c1-c1ccc(F)cc1. The molecule has 2 aliphatic rings. The number of para-hydroxylation sites is 1. The molecule has 3 aromatic carbocycles. The van der Waals surface area contributed by atoms with Crippen LogP contribution in [0, 0.1) is 11.7 Å². The van der Waals surface area contributed by atoms with E-state index < -0.39 is 0 Å². The highest BCUT2D eigenvalue weighted by Crippen LogP contribution is 2.43. The molecule has 1 unspecified atom stereocenters. The van der Waals surface area contributed by atoms with Gasteiger partial charge in [-0.25, -0.2) is 9.37 Å². The summed E-state index contributed by atoms with van der Waals surface area (Å²) in [6.45, 7) is 7.03. The Labute approximate surface area is 227 Å². The average Bonchev–Trinajstić information content (AvgIpc) is 3.62. The Morgan fingerprint density at radius 2 is 1.71 bits per heavy atom. The molecule has 0 spiro atoms. The number of ether oxygens (including phenoxy) is 2. The second-order valence-corrected chi connectivity index (χ2v) is 11.2. The zero-order chi connectivity index (χ0) is 26.1. The molecular weight excluding hydrogens is 497 g/mol. The highest BCUT2D eigenvalue weighted by molar-refractivity contribution is 7.22. The van der Waals surface area contributed by atoms with E-state index in [1.807, 2.05) is 19.9 Å². The molecule has 38 heavy (non-hydrogen) atoms. The number of hydrogen-bond acceptors (Lipinski definition) is 6. The first-order chi connectivity index (χ1) is 18.6. The van der Waals surface area contributed by atoms with Gasteiger partial charge in [-0.3, -0.25) is 4.90 Å². The van der Waals surface area contributed by atoms with Crippen molar-refractivity contribution in [1.29, 1.82) is 0 Å². The number of nitrogens with zero attached hydrogens (tertiary/aromatic N) is 2. The van der Waals surface area contributed by atoms with Crippen molar-refractivity contribution in [1.82, 2.24) is 9.88 Å². The maximum atomic E-state index is 13.6. The summed E-state index contributed by atoms with van der Waals surface area (Å²) in [7, 11) is 0. The lowest BCUT2D eigenvalue weighted by Crippen LogP contribution is -2.32. The number of fused-ring (bicyclic) bond motifs is 2. The van der Waals surface area contributed by atoms with Crippen LogP contribution in [0.25, 0.3) is 21.3 Å². The maximum Gasteiger partial charge on any atom is 0.184 e. The first kappa shape index (κ1) is 25.1. The molecule has 2 heterocycles. The molecule has 1 aliphatic heterocycles. The molecule has 5 nitrogen and oxygen atoms in total. The molecule has 6 rings (SSSR count). The van der Waals surface area contributed by atoms with Gasteiger partial charge in [0.1, 0.15) is 17.3 Å². The van der Waals surface area contributed by atoms with Gasteiger partial charge in [0.05, 0.1) is 29.0 Å². The van der Waals surface area contributed by atoms with E-state index in [0.29, 0.717) is 31.2 Å². The van der Waals surface area contributed by atoms with Gasteiger partial charge >= 0.3 is 0 Å². The molecule has 7 heteroatoms. The van der Waals surface area contributed by atoms with E-state index in [1.165, 1.54) is 41.7 Å². The number of rotatable bonds is 9. The summed E-state index contributed by atoms with van der Waals surface area (Å²) >= 11 is 1.75. The quantitative estimate of drug-likeness (QED) is 0.244. The maximum absolute atomic E-state index is 13.6. The van der Waals surface area contributed by atoms with E-state index in [9.17, 15) is 4.39 Å². The Bertz CT molecular complexity index is 1350. The number of thiazole rings is 1. The van der Waals surface area contributed by atoms with Gasteiger partial charge in [0.25, 0.3) is 0 Å². The topological polar surface area (TPSA) is 46.6 Å². The largest absolute Gasteiger partial charge is 0.493 e. The summed E-state index contributed by atoms with van der Waals surface area (Å²) in [6.07, 6.45) is 3.55. The lowest BCUT2D eigenvalue weighted by atomic mass is 9.99. The van der Waals surface area contributed by atoms with Crippen LogP contribution in [0.15, 0.2) is 60.7 Å². The second kappa shape index (κ2) is 10.9. The number of nitrogens with one attached hydrogen (secondary N) is 1. The summed E-state index contributed by atoms with van der Waals surface area (Å²) in [5.74, 6) is 1.95. The third-order valence-electron chi connectivity index (χ3n) is 7.85. The van der Waals surface area contributed by atoms with Crippen LogP contribution in [0.1, 0.15) is 38.7 Å². The average molecular weight is 532 g/mol. The van der Waals surface area contributed by atoms with Crippen LogP contribution in [-0.2, 0) is 6.54 Å². The van der Waals surface area contributed by atoms with Gasteiger partial charge in [-0.2, -0.15) is 0 Å². The lowest BCUT2D eigenvalue weighted by molar-refractivity contribution is 0.231. The monoisotopic (exact) mass is 531 g/mol. The van der Waals surface area contributed by atoms with Gasteiger partial charge in [0.15, 0.2) is 5.13 Å². The zero-order valence-corrected chi connectivity index (χ0v) is 22.8. The molecule has 198 valence electrons. The van der Waals surface area contributed by atoms with Crippen molar-refractivity contribution in [2.45, 2.75) is 51.7 Å². The Balaban J connectivity index is 1.21. The molecular formula is C31H34FN3O2S. The van der Waals surface area contributed by atoms with Crippen molar-refractivity contribution in [3.63, 3.8) is 0 Å². The van der Waals surface area contributed by atoms with Crippen LogP contribution >= 0.6 is 11.3 Å². The Morgan fingerprint density at radius 3 is 2.42 bits per heavy atom. The van der Waals surface area contributed by atoms with Crippen molar-refractivity contribution in [2.24, 2.45) is 5.92 Å². The molecule has 0 bridgehead atoms. The van der Waals surface area contributed by atoms with Crippen molar-refractivity contribution in [3.8, 4) is 22.6 Å². The fourth-order valence-electron chi connectivity index (χ4n) is 6.25. The van der Waals surface area contributed by atoms with Gasteiger partial charge in [-0.15, -0.1) is 0 Å². The number of aromatic nitrogens is 1. The third kappa shape index (κ3) is 4.97. The molecule has 0 amide bonds. The van der Waals surface area contributed by atoms with Crippen molar-refractivity contribution < 1.29 is 13.9 Å². The first-order valence-electron chi connectivity index (χ1n) is 13.7. The smallest absolute Gasteiger partial charge is 0.184 e. The summed E-state index contributed by atoms with van der Waals surface area (Å²) in [6, 6.07) is 20.2. The predicted octanol–water partition coefficient (Wildman–Crippen LogP) is 7.36. The van der Waals surface area contributed by atoms with Gasteiger partial charge < -0.3 is 14.8 Å². The Kier molecular flexibility index (Phi) is 7.22. The molecule has 4 aromatic rings. The van der Waals surface area contributed by atoms with Crippen molar-refractivity contribution in [3.05, 3.63) is 72.0 Å². The molecule has 1 saturated heterocycles. The minimum atomic E-state index is -0.252. The minimum Gasteiger partial charge on any atom is -0.493 e. The van der Waals surface area contributed by atoms with Crippen LogP contribution in [0.4, 0.5) is 9.52 Å². The molecule has 0 radical (unpaired) electrons.